The Morgan fingerprint density at radius 3 is 2.50 bits per heavy atom. The van der Waals surface area contributed by atoms with Gasteiger partial charge in [0.25, 0.3) is 0 Å². The van der Waals surface area contributed by atoms with Gasteiger partial charge in [-0.2, -0.15) is 0 Å². The van der Waals surface area contributed by atoms with E-state index in [4.69, 9.17) is 11.6 Å². The van der Waals surface area contributed by atoms with Crippen LogP contribution in [0.1, 0.15) is 10.4 Å². The molecule has 0 spiro atoms. The zero-order valence-corrected chi connectivity index (χ0v) is 11.8. The zero-order chi connectivity index (χ0) is 15.9. The van der Waals surface area contributed by atoms with Crippen LogP contribution in [0, 0.1) is 5.82 Å². The molecule has 0 saturated carbocycles. The molecule has 0 saturated heterocycles. The van der Waals surface area contributed by atoms with Crippen molar-refractivity contribution in [3.63, 3.8) is 0 Å². The van der Waals surface area contributed by atoms with Crippen molar-refractivity contribution in [2.24, 2.45) is 0 Å². The topological polar surface area (TPSA) is 59.3 Å². The average Bonchev–Trinajstić information content (AvgIpc) is 2.50. The van der Waals surface area contributed by atoms with Gasteiger partial charge in [-0.1, -0.05) is 29.8 Å². The first kappa shape index (κ1) is 14.3. The van der Waals surface area contributed by atoms with Gasteiger partial charge in [-0.15, -0.1) is 0 Å². The summed E-state index contributed by atoms with van der Waals surface area (Å²) in [4.78, 5) is 23.5. The highest BCUT2D eigenvalue weighted by molar-refractivity contribution is 6.31. The third-order valence-corrected chi connectivity index (χ3v) is 3.60. The molecule has 4 nitrogen and oxygen atoms in total. The summed E-state index contributed by atoms with van der Waals surface area (Å²) in [5.41, 5.74) is -0.240. The maximum absolute atomic E-state index is 13.8. The van der Waals surface area contributed by atoms with Crippen LogP contribution in [0.5, 0.6) is 0 Å². The average molecular weight is 318 g/mol. The molecule has 0 aliphatic carbocycles. The van der Waals surface area contributed by atoms with Gasteiger partial charge in [-0.25, -0.2) is 9.18 Å². The predicted molar refractivity (Wildman–Crippen MR) is 81.5 cm³/mol. The quantitative estimate of drug-likeness (QED) is 0.787. The highest BCUT2D eigenvalue weighted by Crippen LogP contribution is 2.23. The van der Waals surface area contributed by atoms with Gasteiger partial charge < -0.3 is 9.67 Å². The highest BCUT2D eigenvalue weighted by atomic mass is 35.5. The van der Waals surface area contributed by atoms with Crippen LogP contribution < -0.4 is 5.43 Å². The highest BCUT2D eigenvalue weighted by Gasteiger charge is 2.17. The van der Waals surface area contributed by atoms with E-state index in [2.05, 4.69) is 0 Å². The number of carboxylic acids is 1. The fraction of sp³-hybridized carbons (Fsp3) is 0. The van der Waals surface area contributed by atoms with E-state index in [1.165, 1.54) is 10.8 Å². The number of nitrogens with zero attached hydrogens (tertiary/aromatic N) is 1. The van der Waals surface area contributed by atoms with Gasteiger partial charge in [-0.05, 0) is 18.2 Å². The Kier molecular flexibility index (Phi) is 3.42. The maximum Gasteiger partial charge on any atom is 0.341 e. The molecule has 1 aromatic heterocycles. The molecular weight excluding hydrogens is 309 g/mol. The number of pyridine rings is 1. The Balaban J connectivity index is 2.50. The lowest BCUT2D eigenvalue weighted by atomic mass is 10.1. The smallest absolute Gasteiger partial charge is 0.341 e. The van der Waals surface area contributed by atoms with E-state index in [1.54, 1.807) is 30.3 Å². The summed E-state index contributed by atoms with van der Waals surface area (Å²) in [6, 6.07) is 11.0. The Labute approximate surface area is 129 Å². The number of hydrogen-bond acceptors (Lipinski definition) is 2. The molecule has 3 aromatic rings. The van der Waals surface area contributed by atoms with Gasteiger partial charge in [-0.3, -0.25) is 4.79 Å². The Hall–Kier alpha value is -2.66. The number of hydrogen-bond donors (Lipinski definition) is 1. The summed E-state index contributed by atoms with van der Waals surface area (Å²) < 4.78 is 15.2. The first-order chi connectivity index (χ1) is 10.5. The lowest BCUT2D eigenvalue weighted by molar-refractivity contribution is 0.0695. The number of rotatable bonds is 2. The summed E-state index contributed by atoms with van der Waals surface area (Å²) >= 11 is 5.72. The van der Waals surface area contributed by atoms with Gasteiger partial charge in [0.15, 0.2) is 0 Å². The number of aromatic nitrogens is 1. The number of carboxylic acid groups (broad SMARTS) is 1. The van der Waals surface area contributed by atoms with Crippen LogP contribution in [0.25, 0.3) is 16.6 Å². The summed E-state index contributed by atoms with van der Waals surface area (Å²) in [5.74, 6) is -2.03. The third kappa shape index (κ3) is 2.25. The number of para-hydroxylation sites is 1. The van der Waals surface area contributed by atoms with E-state index in [1.807, 2.05) is 0 Å². The van der Waals surface area contributed by atoms with E-state index in [9.17, 15) is 19.1 Å². The second-order valence-electron chi connectivity index (χ2n) is 4.67. The molecule has 0 fully saturated rings. The second-order valence-corrected chi connectivity index (χ2v) is 5.07. The molecule has 2 aromatic carbocycles. The van der Waals surface area contributed by atoms with Crippen molar-refractivity contribution in [3.05, 3.63) is 75.3 Å². The summed E-state index contributed by atoms with van der Waals surface area (Å²) in [6.07, 6.45) is 1.19. The number of halogens is 2. The minimum absolute atomic E-state index is 0.0511. The molecule has 3 rings (SSSR count). The third-order valence-electron chi connectivity index (χ3n) is 3.31. The monoisotopic (exact) mass is 317 g/mol. The van der Waals surface area contributed by atoms with Crippen molar-refractivity contribution < 1.29 is 14.3 Å². The molecule has 0 amide bonds. The lowest BCUT2D eigenvalue weighted by Crippen LogP contribution is -2.18. The van der Waals surface area contributed by atoms with E-state index < -0.39 is 22.8 Å². The molecule has 1 heterocycles. The van der Waals surface area contributed by atoms with Gasteiger partial charge in [0.1, 0.15) is 11.4 Å². The number of aromatic carboxylic acids is 1. The summed E-state index contributed by atoms with van der Waals surface area (Å²) in [7, 11) is 0. The first-order valence-corrected chi connectivity index (χ1v) is 6.70. The SMILES string of the molecule is O=C(O)c1cn(-c2ccccc2)c2cc(F)c(Cl)cc2c1=O. The molecule has 0 aliphatic heterocycles. The van der Waals surface area contributed by atoms with E-state index >= 15 is 0 Å². The van der Waals surface area contributed by atoms with Crippen molar-refractivity contribution in [1.29, 1.82) is 0 Å². The van der Waals surface area contributed by atoms with Crippen LogP contribution in [0.4, 0.5) is 4.39 Å². The molecule has 22 heavy (non-hydrogen) atoms. The fourth-order valence-electron chi connectivity index (χ4n) is 2.27. The normalized spacial score (nSPS) is 10.8. The Morgan fingerprint density at radius 1 is 1.18 bits per heavy atom. The van der Waals surface area contributed by atoms with E-state index in [-0.39, 0.29) is 15.9 Å². The number of fused-ring (bicyclic) bond motifs is 1. The maximum atomic E-state index is 13.8. The largest absolute Gasteiger partial charge is 0.477 e. The van der Waals surface area contributed by atoms with E-state index in [0.717, 1.165) is 12.1 Å². The molecule has 0 aliphatic rings. The molecule has 0 unspecified atom stereocenters. The van der Waals surface area contributed by atoms with Crippen molar-refractivity contribution in [2.75, 3.05) is 0 Å². The molecule has 0 radical (unpaired) electrons. The Morgan fingerprint density at radius 2 is 1.86 bits per heavy atom. The molecule has 1 N–H and O–H groups in total. The van der Waals surface area contributed by atoms with Crippen LogP contribution in [0.3, 0.4) is 0 Å². The van der Waals surface area contributed by atoms with Crippen LogP contribution in [0.2, 0.25) is 5.02 Å². The first-order valence-electron chi connectivity index (χ1n) is 6.32. The summed E-state index contributed by atoms with van der Waals surface area (Å²) in [5, 5.41) is 9.02. The van der Waals surface area contributed by atoms with Crippen molar-refractivity contribution in [3.8, 4) is 5.69 Å². The molecule has 6 heteroatoms. The number of benzene rings is 2. The predicted octanol–water partition coefficient (Wildman–Crippen LogP) is 3.48. The summed E-state index contributed by atoms with van der Waals surface area (Å²) in [6.45, 7) is 0. The van der Waals surface area contributed by atoms with E-state index in [0.29, 0.717) is 5.69 Å². The van der Waals surface area contributed by atoms with Crippen LogP contribution in [-0.4, -0.2) is 15.6 Å². The second kappa shape index (κ2) is 5.27. The standard InChI is InChI=1S/C16H9ClFNO3/c17-12-6-10-14(7-13(12)18)19(9-4-2-1-3-5-9)8-11(15(10)20)16(21)22/h1-8H,(H,21,22). The molecule has 0 bridgehead atoms. The van der Waals surface area contributed by atoms with Gasteiger partial charge >= 0.3 is 5.97 Å². The van der Waals surface area contributed by atoms with Crippen LogP contribution >= 0.6 is 11.6 Å². The van der Waals surface area contributed by atoms with Gasteiger partial charge in [0, 0.05) is 23.3 Å². The number of carbonyl (C=O) groups is 1. The van der Waals surface area contributed by atoms with Crippen molar-refractivity contribution >= 4 is 28.5 Å². The molecular formula is C16H9ClFNO3. The lowest BCUT2D eigenvalue weighted by Gasteiger charge is -2.13. The molecule has 110 valence electrons. The minimum atomic E-state index is -1.35. The molecule has 0 atom stereocenters. The van der Waals surface area contributed by atoms with Crippen LogP contribution in [0.15, 0.2) is 53.5 Å². The van der Waals surface area contributed by atoms with Crippen LogP contribution in [-0.2, 0) is 0 Å². The Bertz CT molecular complexity index is 951. The van der Waals surface area contributed by atoms with Gasteiger partial charge in [0.05, 0.1) is 10.5 Å². The van der Waals surface area contributed by atoms with Crippen molar-refractivity contribution in [2.45, 2.75) is 0 Å². The van der Waals surface area contributed by atoms with Gasteiger partial charge in [0.2, 0.25) is 5.43 Å². The minimum Gasteiger partial charge on any atom is -0.477 e. The van der Waals surface area contributed by atoms with Crippen molar-refractivity contribution in [1.82, 2.24) is 4.57 Å². The zero-order valence-electron chi connectivity index (χ0n) is 11.1. The fourth-order valence-corrected chi connectivity index (χ4v) is 2.44.